The van der Waals surface area contributed by atoms with E-state index in [2.05, 4.69) is 15.1 Å². The summed E-state index contributed by atoms with van der Waals surface area (Å²) in [4.78, 5) is 45.8. The minimum Gasteiger partial charge on any atom is -0.496 e. The van der Waals surface area contributed by atoms with Gasteiger partial charge in [0.05, 0.1) is 12.7 Å². The quantitative estimate of drug-likeness (QED) is 0.197. The molecule has 1 fully saturated rings. The Bertz CT molecular complexity index is 1660. The molecule has 0 spiro atoms. The number of imide groups is 1. The number of piperazine rings is 1. The summed E-state index contributed by atoms with van der Waals surface area (Å²) in [6.07, 6.45) is 0. The molecular formula is C32H33N5O4. The maximum absolute atomic E-state index is 13.8. The van der Waals surface area contributed by atoms with Gasteiger partial charge in [-0.3, -0.25) is 29.1 Å². The second kappa shape index (κ2) is 11.2. The predicted octanol–water partition coefficient (Wildman–Crippen LogP) is 3.23. The highest BCUT2D eigenvalue weighted by molar-refractivity contribution is 6.31. The van der Waals surface area contributed by atoms with E-state index in [4.69, 9.17) is 10.5 Å². The molecule has 210 valence electrons. The van der Waals surface area contributed by atoms with Crippen molar-refractivity contribution in [3.8, 4) is 5.75 Å². The Labute approximate surface area is 238 Å². The second-order valence-electron chi connectivity index (χ2n) is 10.5. The van der Waals surface area contributed by atoms with Crippen LogP contribution < -0.4 is 15.8 Å². The van der Waals surface area contributed by atoms with E-state index in [0.29, 0.717) is 53.1 Å². The number of nitrogens with two attached hydrogens (primary N) is 1. The van der Waals surface area contributed by atoms with Gasteiger partial charge in [0.1, 0.15) is 5.75 Å². The predicted molar refractivity (Wildman–Crippen MR) is 159 cm³/mol. The van der Waals surface area contributed by atoms with Crippen LogP contribution in [0.2, 0.25) is 0 Å². The van der Waals surface area contributed by atoms with E-state index in [-0.39, 0.29) is 17.7 Å². The number of methoxy groups -OCH3 is 1. The van der Waals surface area contributed by atoms with Gasteiger partial charge in [-0.2, -0.15) is 0 Å². The highest BCUT2D eigenvalue weighted by Crippen LogP contribution is 2.39. The van der Waals surface area contributed by atoms with E-state index in [1.807, 2.05) is 30.3 Å². The number of ether oxygens (including phenoxy) is 1. The number of fused-ring (bicyclic) bond motifs is 2. The minimum absolute atomic E-state index is 0.129. The zero-order valence-electron chi connectivity index (χ0n) is 23.1. The third-order valence-corrected chi connectivity index (χ3v) is 8.11. The van der Waals surface area contributed by atoms with Crippen molar-refractivity contribution < 1.29 is 19.1 Å². The molecule has 3 N–H and O–H groups in total. The van der Waals surface area contributed by atoms with E-state index >= 15 is 0 Å². The number of nitrogen functional groups attached to an aromatic ring is 1. The van der Waals surface area contributed by atoms with Gasteiger partial charge in [0, 0.05) is 79.9 Å². The molecule has 0 radical (unpaired) electrons. The number of nitrogens with one attached hydrogen (secondary N) is 1. The molecule has 2 heterocycles. The van der Waals surface area contributed by atoms with E-state index < -0.39 is 0 Å². The number of hydrogen-bond donors (Lipinski definition) is 2. The van der Waals surface area contributed by atoms with Crippen molar-refractivity contribution in [2.24, 2.45) is 0 Å². The standard InChI is InChI=1S/C32H33N5O4/c1-41-27-10-9-25-28-26(27)20-21-5-2-3-8-24(21)29(28)32(40)37(31(25)39)18-17-36-15-13-35(14-16-36)12-11-34-30(38)22-6-4-7-23(33)19-22/h2-10,19-20H,11-18,33H2,1H3,(H,34,38). The van der Waals surface area contributed by atoms with Crippen molar-refractivity contribution in [1.82, 2.24) is 20.0 Å². The van der Waals surface area contributed by atoms with Crippen LogP contribution in [0.15, 0.2) is 66.7 Å². The van der Waals surface area contributed by atoms with Crippen LogP contribution in [0, 0.1) is 0 Å². The van der Waals surface area contributed by atoms with Crippen molar-refractivity contribution in [3.63, 3.8) is 0 Å². The van der Waals surface area contributed by atoms with Crippen LogP contribution in [-0.2, 0) is 0 Å². The Morgan fingerprint density at radius 2 is 1.61 bits per heavy atom. The monoisotopic (exact) mass is 551 g/mol. The first-order valence-corrected chi connectivity index (χ1v) is 13.9. The molecule has 4 aromatic carbocycles. The van der Waals surface area contributed by atoms with E-state index in [0.717, 1.165) is 48.9 Å². The molecule has 9 heteroatoms. The lowest BCUT2D eigenvalue weighted by molar-refractivity contribution is 0.0572. The van der Waals surface area contributed by atoms with Gasteiger partial charge in [0.25, 0.3) is 17.7 Å². The second-order valence-corrected chi connectivity index (χ2v) is 10.5. The molecule has 2 aliphatic heterocycles. The fourth-order valence-corrected chi connectivity index (χ4v) is 5.90. The van der Waals surface area contributed by atoms with Crippen molar-refractivity contribution in [1.29, 1.82) is 0 Å². The summed E-state index contributed by atoms with van der Waals surface area (Å²) in [5, 5.41) is 6.19. The first kappa shape index (κ1) is 26.7. The number of benzene rings is 4. The van der Waals surface area contributed by atoms with E-state index in [1.165, 1.54) is 4.90 Å². The van der Waals surface area contributed by atoms with Gasteiger partial charge >= 0.3 is 0 Å². The minimum atomic E-state index is -0.264. The number of nitrogens with zero attached hydrogens (tertiary/aromatic N) is 3. The largest absolute Gasteiger partial charge is 0.496 e. The zero-order valence-corrected chi connectivity index (χ0v) is 23.1. The summed E-state index contributed by atoms with van der Waals surface area (Å²) < 4.78 is 5.58. The zero-order chi connectivity index (χ0) is 28.5. The molecule has 9 nitrogen and oxygen atoms in total. The Morgan fingerprint density at radius 1 is 0.854 bits per heavy atom. The summed E-state index contributed by atoms with van der Waals surface area (Å²) in [6.45, 7) is 5.58. The van der Waals surface area contributed by atoms with Crippen molar-refractivity contribution >= 4 is 45.0 Å². The smallest absolute Gasteiger partial charge is 0.262 e. The molecule has 6 rings (SSSR count). The lowest BCUT2D eigenvalue weighted by atomic mass is 9.89. The van der Waals surface area contributed by atoms with Gasteiger partial charge < -0.3 is 15.8 Å². The molecule has 1 saturated heterocycles. The first-order valence-electron chi connectivity index (χ1n) is 13.9. The van der Waals surface area contributed by atoms with Gasteiger partial charge in [0.2, 0.25) is 0 Å². The topological polar surface area (TPSA) is 108 Å². The molecule has 0 aliphatic carbocycles. The van der Waals surface area contributed by atoms with E-state index in [9.17, 15) is 14.4 Å². The highest BCUT2D eigenvalue weighted by atomic mass is 16.5. The van der Waals surface area contributed by atoms with Crippen LogP contribution in [0.1, 0.15) is 31.1 Å². The van der Waals surface area contributed by atoms with Crippen molar-refractivity contribution in [2.75, 3.05) is 65.2 Å². The molecule has 4 aromatic rings. The molecule has 0 unspecified atom stereocenters. The first-order chi connectivity index (χ1) is 19.9. The fourth-order valence-electron chi connectivity index (χ4n) is 5.90. The number of rotatable bonds is 8. The number of carbonyl (C=O) groups excluding carboxylic acids is 3. The van der Waals surface area contributed by atoms with Gasteiger partial charge in [-0.05, 0) is 47.2 Å². The maximum Gasteiger partial charge on any atom is 0.262 e. The van der Waals surface area contributed by atoms with Crippen LogP contribution in [0.25, 0.3) is 21.5 Å². The summed E-state index contributed by atoms with van der Waals surface area (Å²) >= 11 is 0. The van der Waals surface area contributed by atoms with Gasteiger partial charge in [-0.1, -0.05) is 30.3 Å². The number of carbonyl (C=O) groups is 3. The number of hydrogen-bond acceptors (Lipinski definition) is 7. The molecule has 0 aromatic heterocycles. The molecule has 0 atom stereocenters. The SMILES string of the molecule is COc1ccc2c3c(c4ccccc4cc13)C(=O)N(CCN1CCN(CCNC(=O)c3cccc(N)c3)CC1)C2=O. The lowest BCUT2D eigenvalue weighted by Crippen LogP contribution is -2.51. The Hall–Kier alpha value is -4.47. The van der Waals surface area contributed by atoms with Gasteiger partial charge in [-0.25, -0.2) is 0 Å². The molecule has 41 heavy (non-hydrogen) atoms. The third-order valence-electron chi connectivity index (χ3n) is 8.11. The number of amides is 3. The van der Waals surface area contributed by atoms with Crippen LogP contribution in [0.3, 0.4) is 0 Å². The molecule has 0 bridgehead atoms. The van der Waals surface area contributed by atoms with Gasteiger partial charge in [-0.15, -0.1) is 0 Å². The van der Waals surface area contributed by atoms with Crippen molar-refractivity contribution in [3.05, 3.63) is 83.4 Å². The number of anilines is 1. The molecule has 0 saturated carbocycles. The molecule has 2 aliphatic rings. The average Bonchev–Trinajstić information content (AvgIpc) is 2.99. The van der Waals surface area contributed by atoms with Crippen molar-refractivity contribution in [2.45, 2.75) is 0 Å². The Kier molecular flexibility index (Phi) is 7.30. The van der Waals surface area contributed by atoms with Crippen LogP contribution in [0.5, 0.6) is 5.75 Å². The fraction of sp³-hybridized carbons (Fsp3) is 0.281. The van der Waals surface area contributed by atoms with Crippen LogP contribution in [-0.4, -0.2) is 91.9 Å². The Morgan fingerprint density at radius 3 is 2.37 bits per heavy atom. The van der Waals surface area contributed by atoms with Gasteiger partial charge in [0.15, 0.2) is 0 Å². The van der Waals surface area contributed by atoms with Crippen LogP contribution in [0.4, 0.5) is 5.69 Å². The maximum atomic E-state index is 13.8. The summed E-state index contributed by atoms with van der Waals surface area (Å²) in [5.41, 5.74) is 8.00. The average molecular weight is 552 g/mol. The summed E-state index contributed by atoms with van der Waals surface area (Å²) in [6, 6.07) is 20.3. The van der Waals surface area contributed by atoms with Crippen LogP contribution >= 0.6 is 0 Å². The molecule has 3 amide bonds. The summed E-state index contributed by atoms with van der Waals surface area (Å²) in [7, 11) is 1.60. The third kappa shape index (κ3) is 5.10. The Balaban J connectivity index is 1.08. The molecular weight excluding hydrogens is 518 g/mol. The van der Waals surface area contributed by atoms with E-state index in [1.54, 1.807) is 43.5 Å². The highest BCUT2D eigenvalue weighted by Gasteiger charge is 2.35. The lowest BCUT2D eigenvalue weighted by Gasteiger charge is -2.36. The normalized spacial score (nSPS) is 16.0. The summed E-state index contributed by atoms with van der Waals surface area (Å²) in [5.74, 6) is -0.00520.